The highest BCUT2D eigenvalue weighted by atomic mass is 16.5. The molecule has 5 nitrogen and oxygen atoms in total. The van der Waals surface area contributed by atoms with Crippen molar-refractivity contribution in [3.63, 3.8) is 0 Å². The molecule has 0 bridgehead atoms. The average molecular weight is 324 g/mol. The van der Waals surface area contributed by atoms with Crippen molar-refractivity contribution in [1.29, 1.82) is 0 Å². The van der Waals surface area contributed by atoms with Gasteiger partial charge in [0.2, 0.25) is 0 Å². The molecule has 0 aliphatic carbocycles. The molecule has 1 heterocycles. The average Bonchev–Trinajstić information content (AvgIpc) is 2.96. The Hall–Kier alpha value is -2.82. The van der Waals surface area contributed by atoms with Gasteiger partial charge in [-0.2, -0.15) is 4.98 Å². The van der Waals surface area contributed by atoms with Crippen molar-refractivity contribution in [1.82, 2.24) is 4.98 Å². The summed E-state index contributed by atoms with van der Waals surface area (Å²) < 4.78 is 11.1. The van der Waals surface area contributed by atoms with Gasteiger partial charge >= 0.3 is 0 Å². The normalized spacial score (nSPS) is 11.0. The number of fused-ring (bicyclic) bond motifs is 1. The minimum Gasteiger partial charge on any atom is -0.495 e. The summed E-state index contributed by atoms with van der Waals surface area (Å²) in [4.78, 5) is 16.3. The van der Waals surface area contributed by atoms with Crippen LogP contribution in [0.3, 0.4) is 0 Å². The van der Waals surface area contributed by atoms with Crippen LogP contribution in [0.2, 0.25) is 0 Å². The molecule has 24 heavy (non-hydrogen) atoms. The van der Waals surface area contributed by atoms with Gasteiger partial charge < -0.3 is 14.5 Å². The molecule has 1 N–H and O–H groups in total. The maximum Gasteiger partial charge on any atom is 0.300 e. The van der Waals surface area contributed by atoms with E-state index in [0.29, 0.717) is 23.8 Å². The molecule has 0 saturated heterocycles. The number of Topliss-reactive ketones (excluding diaryl/α,β-unsaturated/α-hetero) is 1. The molecule has 0 fully saturated rings. The van der Waals surface area contributed by atoms with Crippen LogP contribution in [0.25, 0.3) is 11.1 Å². The summed E-state index contributed by atoms with van der Waals surface area (Å²) in [6.45, 7) is 3.81. The number of hydrogen-bond donors (Lipinski definition) is 1. The second-order valence-corrected chi connectivity index (χ2v) is 5.94. The van der Waals surface area contributed by atoms with Gasteiger partial charge in [-0.25, -0.2) is 0 Å². The molecular formula is C19H20N2O3. The van der Waals surface area contributed by atoms with E-state index in [9.17, 15) is 4.79 Å². The Morgan fingerprint density at radius 1 is 1.25 bits per heavy atom. The number of anilines is 2. The van der Waals surface area contributed by atoms with E-state index in [1.165, 1.54) is 0 Å². The zero-order valence-electron chi connectivity index (χ0n) is 14.0. The Balaban J connectivity index is 1.85. The van der Waals surface area contributed by atoms with E-state index in [1.54, 1.807) is 7.11 Å². The van der Waals surface area contributed by atoms with E-state index in [-0.39, 0.29) is 11.7 Å². The molecule has 0 aliphatic rings. The zero-order chi connectivity index (χ0) is 17.1. The maximum atomic E-state index is 11.9. The van der Waals surface area contributed by atoms with E-state index < -0.39 is 0 Å². The molecule has 0 radical (unpaired) electrons. The van der Waals surface area contributed by atoms with Crippen molar-refractivity contribution in [3.05, 3.63) is 48.0 Å². The monoisotopic (exact) mass is 324 g/mol. The third-order valence-electron chi connectivity index (χ3n) is 3.82. The number of benzene rings is 2. The summed E-state index contributed by atoms with van der Waals surface area (Å²) >= 11 is 0. The van der Waals surface area contributed by atoms with E-state index in [2.05, 4.69) is 10.3 Å². The molecule has 0 unspecified atom stereocenters. The van der Waals surface area contributed by atoms with E-state index in [0.717, 1.165) is 16.8 Å². The van der Waals surface area contributed by atoms with Crippen LogP contribution < -0.4 is 10.1 Å². The van der Waals surface area contributed by atoms with Crippen LogP contribution in [-0.2, 0) is 11.2 Å². The van der Waals surface area contributed by atoms with Crippen LogP contribution in [0, 0.1) is 5.92 Å². The SMILES string of the molecule is COc1ccccc1Nc1nc2ccc(CC(=O)C(C)C)cc2o1. The van der Waals surface area contributed by atoms with Crippen LogP contribution in [0.4, 0.5) is 11.7 Å². The third-order valence-corrected chi connectivity index (χ3v) is 3.82. The van der Waals surface area contributed by atoms with E-state index in [4.69, 9.17) is 9.15 Å². The van der Waals surface area contributed by atoms with Gasteiger partial charge in [0.25, 0.3) is 6.01 Å². The molecule has 0 amide bonds. The quantitative estimate of drug-likeness (QED) is 0.730. The molecule has 0 aliphatic heterocycles. The minimum absolute atomic E-state index is 0.0261. The minimum atomic E-state index is 0.0261. The van der Waals surface area contributed by atoms with Gasteiger partial charge in [0.05, 0.1) is 12.8 Å². The largest absolute Gasteiger partial charge is 0.495 e. The molecule has 2 aromatic carbocycles. The van der Waals surface area contributed by atoms with Gasteiger partial charge in [-0.1, -0.05) is 32.0 Å². The molecule has 124 valence electrons. The number of ketones is 1. The van der Waals surface area contributed by atoms with Gasteiger partial charge in [0.15, 0.2) is 5.58 Å². The first-order chi connectivity index (χ1) is 11.6. The topological polar surface area (TPSA) is 64.4 Å². The molecule has 0 atom stereocenters. The number of nitrogens with one attached hydrogen (secondary N) is 1. The van der Waals surface area contributed by atoms with Crippen LogP contribution in [-0.4, -0.2) is 17.9 Å². The smallest absolute Gasteiger partial charge is 0.300 e. The Morgan fingerprint density at radius 2 is 2.04 bits per heavy atom. The summed E-state index contributed by atoms with van der Waals surface area (Å²) in [6, 6.07) is 13.6. The molecule has 3 aromatic rings. The Bertz CT molecular complexity index is 868. The number of carbonyl (C=O) groups excluding carboxylic acids is 1. The fourth-order valence-electron chi connectivity index (χ4n) is 2.40. The highest BCUT2D eigenvalue weighted by Crippen LogP contribution is 2.28. The van der Waals surface area contributed by atoms with Crippen molar-refractivity contribution in [2.75, 3.05) is 12.4 Å². The maximum absolute atomic E-state index is 11.9. The standard InChI is InChI=1S/C19H20N2O3/c1-12(2)16(22)10-13-8-9-15-18(11-13)24-19(21-15)20-14-6-4-5-7-17(14)23-3/h4-9,11-12H,10H2,1-3H3,(H,20,21). The van der Waals surface area contributed by atoms with Crippen LogP contribution in [0.15, 0.2) is 46.9 Å². The summed E-state index contributed by atoms with van der Waals surface area (Å²) in [5, 5.41) is 3.12. The number of aromatic nitrogens is 1. The van der Waals surface area contributed by atoms with Crippen molar-refractivity contribution in [3.8, 4) is 5.75 Å². The van der Waals surface area contributed by atoms with Gasteiger partial charge in [-0.15, -0.1) is 0 Å². The number of ether oxygens (including phenoxy) is 1. The van der Waals surface area contributed by atoms with Gasteiger partial charge in [-0.3, -0.25) is 4.79 Å². The van der Waals surface area contributed by atoms with Crippen molar-refractivity contribution in [2.24, 2.45) is 5.92 Å². The summed E-state index contributed by atoms with van der Waals surface area (Å²) in [5.41, 5.74) is 3.11. The molecule has 1 aromatic heterocycles. The highest BCUT2D eigenvalue weighted by molar-refractivity contribution is 5.84. The number of para-hydroxylation sites is 2. The Labute approximate surface area is 140 Å². The lowest BCUT2D eigenvalue weighted by Gasteiger charge is -2.07. The van der Waals surface area contributed by atoms with Gasteiger partial charge in [0, 0.05) is 12.3 Å². The van der Waals surface area contributed by atoms with Crippen LogP contribution >= 0.6 is 0 Å². The van der Waals surface area contributed by atoms with E-state index in [1.807, 2.05) is 56.3 Å². The van der Waals surface area contributed by atoms with Gasteiger partial charge in [-0.05, 0) is 29.8 Å². The van der Waals surface area contributed by atoms with Crippen LogP contribution in [0.1, 0.15) is 19.4 Å². The summed E-state index contributed by atoms with van der Waals surface area (Å²) in [6.07, 6.45) is 0.406. The molecule has 3 rings (SSSR count). The van der Waals surface area contributed by atoms with Crippen molar-refractivity contribution < 1.29 is 13.9 Å². The second kappa shape index (κ2) is 6.74. The number of rotatable bonds is 6. The first-order valence-electron chi connectivity index (χ1n) is 7.89. The third kappa shape index (κ3) is 3.40. The van der Waals surface area contributed by atoms with E-state index >= 15 is 0 Å². The van der Waals surface area contributed by atoms with Crippen molar-refractivity contribution in [2.45, 2.75) is 20.3 Å². The van der Waals surface area contributed by atoms with Crippen LogP contribution in [0.5, 0.6) is 5.75 Å². The fraction of sp³-hybridized carbons (Fsp3) is 0.263. The Kier molecular flexibility index (Phi) is 4.51. The number of nitrogens with zero attached hydrogens (tertiary/aromatic N) is 1. The molecule has 0 spiro atoms. The molecule has 0 saturated carbocycles. The van der Waals surface area contributed by atoms with Crippen molar-refractivity contribution >= 4 is 28.6 Å². The predicted octanol–water partition coefficient (Wildman–Crippen LogP) is 4.35. The lowest BCUT2D eigenvalue weighted by molar-refractivity contribution is -0.121. The summed E-state index contributed by atoms with van der Waals surface area (Å²) in [7, 11) is 1.62. The second-order valence-electron chi connectivity index (χ2n) is 5.94. The summed E-state index contributed by atoms with van der Waals surface area (Å²) in [5.74, 6) is 0.947. The molecular weight excluding hydrogens is 304 g/mol. The number of carbonyl (C=O) groups is 1. The Morgan fingerprint density at radius 3 is 2.79 bits per heavy atom. The fourth-order valence-corrected chi connectivity index (χ4v) is 2.40. The van der Waals surface area contributed by atoms with Gasteiger partial charge in [0.1, 0.15) is 17.0 Å². The number of hydrogen-bond acceptors (Lipinski definition) is 5. The first kappa shape index (κ1) is 16.1. The lowest BCUT2D eigenvalue weighted by Crippen LogP contribution is -2.09. The zero-order valence-corrected chi connectivity index (χ0v) is 14.0. The lowest BCUT2D eigenvalue weighted by atomic mass is 10.0. The molecule has 5 heteroatoms. The highest BCUT2D eigenvalue weighted by Gasteiger charge is 2.12. The number of oxazole rings is 1. The predicted molar refractivity (Wildman–Crippen MR) is 93.8 cm³/mol. The number of methoxy groups -OCH3 is 1. The first-order valence-corrected chi connectivity index (χ1v) is 7.89.